The molecule has 0 radical (unpaired) electrons. The van der Waals surface area contributed by atoms with Crippen molar-refractivity contribution < 1.29 is 4.74 Å². The summed E-state index contributed by atoms with van der Waals surface area (Å²) in [6, 6.07) is 0. The number of nitrogens with one attached hydrogen (secondary N) is 1. The Morgan fingerprint density at radius 2 is 2.08 bits per heavy atom. The average Bonchev–Trinajstić information content (AvgIpc) is 2.19. The number of ether oxygens (including phenoxy) is 1. The van der Waals surface area contributed by atoms with Crippen LogP contribution in [0.25, 0.3) is 0 Å². The van der Waals surface area contributed by atoms with Crippen molar-refractivity contribution in [1.29, 1.82) is 0 Å². The SMILES string of the molecule is C=C(NC)OCCN1CCCCC1. The maximum absolute atomic E-state index is 5.35. The first-order chi connectivity index (χ1) is 6.33. The number of hydrogen-bond donors (Lipinski definition) is 1. The summed E-state index contributed by atoms with van der Waals surface area (Å²) < 4.78 is 5.35. The fraction of sp³-hybridized carbons (Fsp3) is 0.800. The zero-order valence-electron chi connectivity index (χ0n) is 8.51. The third-order valence-corrected chi connectivity index (χ3v) is 2.41. The number of piperidine rings is 1. The van der Waals surface area contributed by atoms with Gasteiger partial charge in [0.15, 0.2) is 5.88 Å². The van der Waals surface area contributed by atoms with E-state index >= 15 is 0 Å². The Morgan fingerprint density at radius 1 is 1.38 bits per heavy atom. The molecular weight excluding hydrogens is 164 g/mol. The molecule has 0 bridgehead atoms. The molecule has 0 amide bonds. The second-order valence-electron chi connectivity index (χ2n) is 3.42. The van der Waals surface area contributed by atoms with Gasteiger partial charge in [0, 0.05) is 13.6 Å². The molecule has 3 heteroatoms. The van der Waals surface area contributed by atoms with Crippen molar-refractivity contribution >= 4 is 0 Å². The van der Waals surface area contributed by atoms with Crippen LogP contribution in [0.3, 0.4) is 0 Å². The number of rotatable bonds is 5. The molecule has 1 rings (SSSR count). The van der Waals surface area contributed by atoms with Crippen LogP contribution >= 0.6 is 0 Å². The summed E-state index contributed by atoms with van der Waals surface area (Å²) in [6.45, 7) is 7.95. The van der Waals surface area contributed by atoms with Crippen molar-refractivity contribution in [3.05, 3.63) is 12.5 Å². The molecule has 1 saturated heterocycles. The van der Waals surface area contributed by atoms with E-state index in [2.05, 4.69) is 16.8 Å². The molecule has 1 heterocycles. The molecule has 1 aliphatic rings. The molecule has 13 heavy (non-hydrogen) atoms. The van der Waals surface area contributed by atoms with Gasteiger partial charge in [0.25, 0.3) is 0 Å². The first-order valence-electron chi connectivity index (χ1n) is 5.05. The van der Waals surface area contributed by atoms with Gasteiger partial charge in [-0.25, -0.2) is 0 Å². The first kappa shape index (κ1) is 10.4. The maximum atomic E-state index is 5.35. The highest BCUT2D eigenvalue weighted by atomic mass is 16.5. The van der Waals surface area contributed by atoms with Crippen molar-refractivity contribution in [3.8, 4) is 0 Å². The lowest BCUT2D eigenvalue weighted by molar-refractivity contribution is 0.136. The summed E-state index contributed by atoms with van der Waals surface area (Å²) in [5.41, 5.74) is 0. The third kappa shape index (κ3) is 4.18. The zero-order valence-corrected chi connectivity index (χ0v) is 8.51. The number of likely N-dealkylation sites (tertiary alicyclic amines) is 1. The van der Waals surface area contributed by atoms with Crippen LogP contribution in [-0.4, -0.2) is 38.2 Å². The Hall–Kier alpha value is -0.700. The van der Waals surface area contributed by atoms with Gasteiger partial charge in [-0.15, -0.1) is 0 Å². The molecule has 0 saturated carbocycles. The minimum absolute atomic E-state index is 0.664. The lowest BCUT2D eigenvalue weighted by atomic mass is 10.1. The summed E-state index contributed by atoms with van der Waals surface area (Å²) in [7, 11) is 1.82. The van der Waals surface area contributed by atoms with Crippen LogP contribution in [-0.2, 0) is 4.74 Å². The molecule has 1 aliphatic heterocycles. The molecular formula is C10H20N2O. The van der Waals surface area contributed by atoms with Gasteiger partial charge in [-0.2, -0.15) is 0 Å². The molecule has 0 aromatic rings. The van der Waals surface area contributed by atoms with Gasteiger partial charge in [-0.1, -0.05) is 6.42 Å². The van der Waals surface area contributed by atoms with Gasteiger partial charge in [-0.3, -0.25) is 4.90 Å². The van der Waals surface area contributed by atoms with E-state index < -0.39 is 0 Å². The van der Waals surface area contributed by atoms with Crippen LogP contribution in [0, 0.1) is 0 Å². The second kappa shape index (κ2) is 5.86. The lowest BCUT2D eigenvalue weighted by Gasteiger charge is -2.26. The monoisotopic (exact) mass is 184 g/mol. The van der Waals surface area contributed by atoms with Gasteiger partial charge in [0.2, 0.25) is 0 Å². The first-order valence-corrected chi connectivity index (χ1v) is 5.05. The van der Waals surface area contributed by atoms with E-state index in [0.717, 1.165) is 13.2 Å². The fourth-order valence-electron chi connectivity index (χ4n) is 1.55. The Kier molecular flexibility index (Phi) is 4.68. The number of hydrogen-bond acceptors (Lipinski definition) is 3. The topological polar surface area (TPSA) is 24.5 Å². The van der Waals surface area contributed by atoms with Crippen molar-refractivity contribution in [2.24, 2.45) is 0 Å². The van der Waals surface area contributed by atoms with E-state index in [-0.39, 0.29) is 0 Å². The standard InChI is InChI=1S/C10H20N2O/c1-10(11-2)13-9-8-12-6-4-3-5-7-12/h11H,1,3-9H2,2H3. The molecule has 0 spiro atoms. The predicted octanol–water partition coefficient (Wildman–Crippen LogP) is 1.18. The minimum atomic E-state index is 0.664. The van der Waals surface area contributed by atoms with Crippen LogP contribution in [0.1, 0.15) is 19.3 Å². The fourth-order valence-corrected chi connectivity index (χ4v) is 1.55. The van der Waals surface area contributed by atoms with Crippen LogP contribution < -0.4 is 5.32 Å². The van der Waals surface area contributed by atoms with E-state index in [1.807, 2.05) is 7.05 Å². The molecule has 1 fully saturated rings. The highest BCUT2D eigenvalue weighted by Crippen LogP contribution is 2.07. The summed E-state index contributed by atoms with van der Waals surface area (Å²) in [5, 5.41) is 2.87. The largest absolute Gasteiger partial charge is 0.478 e. The van der Waals surface area contributed by atoms with E-state index in [1.165, 1.54) is 32.4 Å². The lowest BCUT2D eigenvalue weighted by Crippen LogP contribution is -2.32. The normalized spacial score (nSPS) is 18.2. The second-order valence-corrected chi connectivity index (χ2v) is 3.42. The summed E-state index contributed by atoms with van der Waals surface area (Å²) >= 11 is 0. The van der Waals surface area contributed by atoms with E-state index in [1.54, 1.807) is 0 Å². The summed E-state index contributed by atoms with van der Waals surface area (Å²) in [6.07, 6.45) is 4.07. The maximum Gasteiger partial charge on any atom is 0.178 e. The van der Waals surface area contributed by atoms with Crippen LogP contribution in [0.15, 0.2) is 12.5 Å². The molecule has 0 aromatic heterocycles. The Labute approximate surface area is 80.8 Å². The van der Waals surface area contributed by atoms with Gasteiger partial charge in [0.1, 0.15) is 6.61 Å². The Bertz CT molecular complexity index is 153. The van der Waals surface area contributed by atoms with Gasteiger partial charge >= 0.3 is 0 Å². The van der Waals surface area contributed by atoms with Crippen molar-refractivity contribution in [3.63, 3.8) is 0 Å². The van der Waals surface area contributed by atoms with Gasteiger partial charge < -0.3 is 10.1 Å². The van der Waals surface area contributed by atoms with E-state index in [9.17, 15) is 0 Å². The van der Waals surface area contributed by atoms with E-state index in [4.69, 9.17) is 4.74 Å². The molecule has 0 aliphatic carbocycles. The average molecular weight is 184 g/mol. The molecule has 0 atom stereocenters. The quantitative estimate of drug-likeness (QED) is 0.649. The minimum Gasteiger partial charge on any atom is -0.478 e. The highest BCUT2D eigenvalue weighted by Gasteiger charge is 2.09. The van der Waals surface area contributed by atoms with Crippen molar-refractivity contribution in [2.75, 3.05) is 33.3 Å². The Balaban J connectivity index is 2.01. The summed E-state index contributed by atoms with van der Waals surface area (Å²) in [4.78, 5) is 2.45. The van der Waals surface area contributed by atoms with Crippen LogP contribution in [0.2, 0.25) is 0 Å². The molecule has 0 aromatic carbocycles. The Morgan fingerprint density at radius 3 is 2.69 bits per heavy atom. The predicted molar refractivity (Wildman–Crippen MR) is 54.4 cm³/mol. The molecule has 3 nitrogen and oxygen atoms in total. The highest BCUT2D eigenvalue weighted by molar-refractivity contribution is 4.76. The zero-order chi connectivity index (χ0) is 9.52. The van der Waals surface area contributed by atoms with Crippen molar-refractivity contribution in [2.45, 2.75) is 19.3 Å². The van der Waals surface area contributed by atoms with Crippen LogP contribution in [0.5, 0.6) is 0 Å². The molecule has 1 N–H and O–H groups in total. The van der Waals surface area contributed by atoms with Crippen LogP contribution in [0.4, 0.5) is 0 Å². The molecule has 76 valence electrons. The van der Waals surface area contributed by atoms with E-state index in [0.29, 0.717) is 5.88 Å². The summed E-state index contributed by atoms with van der Waals surface area (Å²) in [5.74, 6) is 0.664. The number of nitrogens with zero attached hydrogens (tertiary/aromatic N) is 1. The molecule has 0 unspecified atom stereocenters. The van der Waals surface area contributed by atoms with Gasteiger partial charge in [0.05, 0.1) is 0 Å². The van der Waals surface area contributed by atoms with Crippen molar-refractivity contribution in [1.82, 2.24) is 10.2 Å². The smallest absolute Gasteiger partial charge is 0.178 e. The van der Waals surface area contributed by atoms with Gasteiger partial charge in [-0.05, 0) is 32.5 Å². The third-order valence-electron chi connectivity index (χ3n) is 2.41.